The van der Waals surface area contributed by atoms with E-state index >= 15 is 0 Å². The second-order valence-electron chi connectivity index (χ2n) is 7.92. The third-order valence-electron chi connectivity index (χ3n) is 5.71. The molecule has 1 heterocycles. The molecule has 0 bridgehead atoms. The Morgan fingerprint density at radius 1 is 1.31 bits per heavy atom. The maximum Gasteiger partial charge on any atom is 0.331 e. The topological polar surface area (TPSA) is 89.0 Å². The second-order valence-corrected chi connectivity index (χ2v) is 8.31. The average molecular weight is 417 g/mol. The fourth-order valence-corrected chi connectivity index (χ4v) is 4.04. The van der Waals surface area contributed by atoms with Gasteiger partial charge in [-0.3, -0.25) is 14.5 Å². The number of carbonyl (C=O) groups excluding carboxylic acids is 2. The van der Waals surface area contributed by atoms with Crippen molar-refractivity contribution >= 4 is 24.1 Å². The zero-order valence-corrected chi connectivity index (χ0v) is 18.0. The molecule has 1 amide bonds. The number of carbonyl (C=O) groups is 2. The molecule has 0 atom stereocenters. The highest BCUT2D eigenvalue weighted by Gasteiger charge is 2.43. The molecule has 1 saturated carbocycles. The van der Waals surface area contributed by atoms with Gasteiger partial charge in [0, 0.05) is 18.5 Å². The van der Waals surface area contributed by atoms with Crippen LogP contribution in [-0.4, -0.2) is 39.3 Å². The van der Waals surface area contributed by atoms with Gasteiger partial charge in [0.25, 0.3) is 0 Å². The maximum atomic E-state index is 12.7. The van der Waals surface area contributed by atoms with Gasteiger partial charge in [-0.05, 0) is 50.7 Å². The number of nitrogens with zero attached hydrogens (tertiary/aromatic N) is 2. The number of hydrogen-bond donors (Lipinski definition) is 2. The van der Waals surface area contributed by atoms with Crippen LogP contribution in [0.25, 0.3) is 11.4 Å². The lowest BCUT2D eigenvalue weighted by molar-refractivity contribution is -0.153. The number of esters is 1. The number of ether oxygens (including phenoxy) is 1. The number of methoxy groups -OCH3 is 1. The van der Waals surface area contributed by atoms with Crippen LogP contribution in [0.2, 0.25) is 0 Å². The van der Waals surface area contributed by atoms with E-state index in [-0.39, 0.29) is 18.3 Å². The highest BCUT2D eigenvalue weighted by molar-refractivity contribution is 7.71. The summed E-state index contributed by atoms with van der Waals surface area (Å²) >= 11 is 5.35. The molecule has 1 aliphatic rings. The van der Waals surface area contributed by atoms with Crippen molar-refractivity contribution < 1.29 is 14.3 Å². The van der Waals surface area contributed by atoms with Gasteiger partial charge >= 0.3 is 5.97 Å². The van der Waals surface area contributed by atoms with Crippen LogP contribution in [0, 0.1) is 17.6 Å². The predicted molar refractivity (Wildman–Crippen MR) is 113 cm³/mol. The van der Waals surface area contributed by atoms with E-state index in [1.54, 1.807) is 0 Å². The van der Waals surface area contributed by atoms with Gasteiger partial charge in [-0.25, -0.2) is 4.79 Å². The first kappa shape index (κ1) is 21.2. The maximum absolute atomic E-state index is 12.7. The molecule has 2 aromatic rings. The summed E-state index contributed by atoms with van der Waals surface area (Å²) in [6, 6.07) is 7.97. The Morgan fingerprint density at radius 2 is 1.97 bits per heavy atom. The lowest BCUT2D eigenvalue weighted by atomic mass is 9.77. The van der Waals surface area contributed by atoms with E-state index in [1.165, 1.54) is 7.11 Å². The van der Waals surface area contributed by atoms with E-state index in [0.717, 1.165) is 24.0 Å². The Bertz CT molecular complexity index is 924. The third kappa shape index (κ3) is 4.75. The van der Waals surface area contributed by atoms with Crippen LogP contribution >= 0.6 is 12.2 Å². The zero-order valence-electron chi connectivity index (χ0n) is 17.2. The van der Waals surface area contributed by atoms with Crippen molar-refractivity contribution in [3.63, 3.8) is 0 Å². The minimum absolute atomic E-state index is 0.192. The summed E-state index contributed by atoms with van der Waals surface area (Å²) in [6.45, 7) is 4.56. The van der Waals surface area contributed by atoms with Crippen molar-refractivity contribution in [2.24, 2.45) is 5.92 Å². The first-order valence-electron chi connectivity index (χ1n) is 9.96. The quantitative estimate of drug-likeness (QED) is 0.555. The molecule has 1 aliphatic carbocycles. The first-order chi connectivity index (χ1) is 13.8. The highest BCUT2D eigenvalue weighted by Crippen LogP contribution is 2.33. The third-order valence-corrected chi connectivity index (χ3v) is 6.02. The molecule has 156 valence electrons. The number of aryl methyl sites for hydroxylation is 1. The normalized spacial score (nSPS) is 21.6. The fraction of sp³-hybridized carbons (Fsp3) is 0.524. The summed E-state index contributed by atoms with van der Waals surface area (Å²) in [6.07, 6.45) is 3.18. The summed E-state index contributed by atoms with van der Waals surface area (Å²) < 4.78 is 7.27. The molecule has 3 rings (SSSR count). The van der Waals surface area contributed by atoms with Crippen LogP contribution in [0.5, 0.6) is 0 Å². The Balaban J connectivity index is 1.71. The molecule has 8 heteroatoms. The fourth-order valence-electron chi connectivity index (χ4n) is 3.82. The van der Waals surface area contributed by atoms with E-state index in [1.807, 2.05) is 35.8 Å². The minimum atomic E-state index is -0.921. The Morgan fingerprint density at radius 3 is 2.59 bits per heavy atom. The number of rotatable bonds is 6. The monoisotopic (exact) mass is 416 g/mol. The molecule has 0 spiro atoms. The van der Waals surface area contributed by atoms with Crippen LogP contribution in [0.3, 0.4) is 0 Å². The van der Waals surface area contributed by atoms with Crippen molar-refractivity contribution in [2.75, 3.05) is 7.11 Å². The molecule has 0 radical (unpaired) electrons. The van der Waals surface area contributed by atoms with Crippen LogP contribution in [-0.2, 0) is 20.9 Å². The first-order valence-corrected chi connectivity index (χ1v) is 10.4. The molecule has 29 heavy (non-hydrogen) atoms. The van der Waals surface area contributed by atoms with E-state index < -0.39 is 5.54 Å². The largest absolute Gasteiger partial charge is 0.467 e. The molecule has 0 unspecified atom stereocenters. The Kier molecular flexibility index (Phi) is 6.52. The molecule has 1 aromatic carbocycles. The van der Waals surface area contributed by atoms with Crippen molar-refractivity contribution in [3.05, 3.63) is 34.6 Å². The van der Waals surface area contributed by atoms with E-state index in [0.29, 0.717) is 35.9 Å². The number of amides is 1. The van der Waals surface area contributed by atoms with Crippen molar-refractivity contribution in [2.45, 2.75) is 58.0 Å². The van der Waals surface area contributed by atoms with Crippen molar-refractivity contribution in [1.29, 1.82) is 0 Å². The van der Waals surface area contributed by atoms with Gasteiger partial charge in [-0.15, -0.1) is 0 Å². The number of nitrogens with one attached hydrogen (secondary N) is 2. The molecule has 1 fully saturated rings. The van der Waals surface area contributed by atoms with Crippen LogP contribution in [0.1, 0.15) is 44.6 Å². The summed E-state index contributed by atoms with van der Waals surface area (Å²) in [5.74, 6) is 0.684. The van der Waals surface area contributed by atoms with Gasteiger partial charge in [0.1, 0.15) is 5.54 Å². The standard InChI is InChI=1S/C21H28N4O3S/c1-14-4-6-16(7-5-14)18-23-24-20(29)25(18)13-10-17(26)22-21(19(27)28-3)11-8-15(2)9-12-21/h4-7,15H,8-13H2,1-3H3,(H,22,26)(H,24,29). The molecule has 0 aliphatic heterocycles. The Hall–Kier alpha value is -2.48. The zero-order chi connectivity index (χ0) is 21.0. The molecule has 7 nitrogen and oxygen atoms in total. The van der Waals surface area contributed by atoms with E-state index in [4.69, 9.17) is 17.0 Å². The number of benzene rings is 1. The second kappa shape index (κ2) is 8.90. The van der Waals surface area contributed by atoms with Gasteiger partial charge in [0.2, 0.25) is 5.91 Å². The molecular formula is C21H28N4O3S. The SMILES string of the molecule is COC(=O)C1(NC(=O)CCn2c(-c3ccc(C)cc3)n[nH]c2=S)CCC(C)CC1. The average Bonchev–Trinajstić information content (AvgIpc) is 3.08. The van der Waals surface area contributed by atoms with Crippen molar-refractivity contribution in [1.82, 2.24) is 20.1 Å². The van der Waals surface area contributed by atoms with E-state index in [9.17, 15) is 9.59 Å². The van der Waals surface area contributed by atoms with Crippen LogP contribution in [0.15, 0.2) is 24.3 Å². The van der Waals surface area contributed by atoms with Gasteiger partial charge < -0.3 is 10.1 Å². The summed E-state index contributed by atoms with van der Waals surface area (Å²) in [7, 11) is 1.37. The van der Waals surface area contributed by atoms with E-state index in [2.05, 4.69) is 22.4 Å². The molecule has 0 saturated heterocycles. The lowest BCUT2D eigenvalue weighted by Gasteiger charge is -2.37. The summed E-state index contributed by atoms with van der Waals surface area (Å²) in [5, 5.41) is 10.1. The van der Waals surface area contributed by atoms with Gasteiger partial charge in [0.05, 0.1) is 7.11 Å². The minimum Gasteiger partial charge on any atom is -0.467 e. The molecule has 2 N–H and O–H groups in total. The number of aromatic nitrogens is 3. The number of aromatic amines is 1. The smallest absolute Gasteiger partial charge is 0.331 e. The summed E-state index contributed by atoms with van der Waals surface area (Å²) in [4.78, 5) is 25.1. The highest BCUT2D eigenvalue weighted by atomic mass is 32.1. The summed E-state index contributed by atoms with van der Waals surface area (Å²) in [5.41, 5.74) is 1.16. The van der Waals surface area contributed by atoms with Crippen molar-refractivity contribution in [3.8, 4) is 11.4 Å². The molecule has 1 aromatic heterocycles. The lowest BCUT2D eigenvalue weighted by Crippen LogP contribution is -2.56. The molecular weight excluding hydrogens is 388 g/mol. The van der Waals surface area contributed by atoms with Gasteiger partial charge in [-0.2, -0.15) is 5.10 Å². The number of hydrogen-bond acceptors (Lipinski definition) is 5. The van der Waals surface area contributed by atoms with Crippen LogP contribution in [0.4, 0.5) is 0 Å². The Labute approximate surface area is 175 Å². The van der Waals surface area contributed by atoms with Gasteiger partial charge in [-0.1, -0.05) is 36.8 Å². The predicted octanol–water partition coefficient (Wildman–Crippen LogP) is 3.54. The van der Waals surface area contributed by atoms with Crippen LogP contribution < -0.4 is 5.32 Å². The number of H-pyrrole nitrogens is 1. The van der Waals surface area contributed by atoms with Gasteiger partial charge in [0.15, 0.2) is 10.6 Å².